The smallest absolute Gasteiger partial charge is 0.409 e. The van der Waals surface area contributed by atoms with Crippen LogP contribution >= 0.6 is 11.6 Å². The second-order valence-corrected chi connectivity index (χ2v) is 11.2. The minimum atomic E-state index is -1.01. The van der Waals surface area contributed by atoms with Gasteiger partial charge in [0.1, 0.15) is 11.5 Å². The molecule has 10 nitrogen and oxygen atoms in total. The second-order valence-electron chi connectivity index (χ2n) is 10.8. The lowest BCUT2D eigenvalue weighted by Gasteiger charge is -2.32. The van der Waals surface area contributed by atoms with Crippen LogP contribution in [0.25, 0.3) is 10.9 Å². The number of carbonyl (C=O) groups is 2. The highest BCUT2D eigenvalue weighted by atomic mass is 35.5. The van der Waals surface area contributed by atoms with E-state index in [1.165, 1.54) is 11.1 Å². The number of piperidine rings is 1. The fraction of sp³-hybridized carbons (Fsp3) is 0.312. The van der Waals surface area contributed by atoms with Gasteiger partial charge in [0.2, 0.25) is 0 Å². The van der Waals surface area contributed by atoms with Crippen molar-refractivity contribution in [3.63, 3.8) is 0 Å². The lowest BCUT2D eigenvalue weighted by Crippen LogP contribution is -2.37. The van der Waals surface area contributed by atoms with E-state index in [9.17, 15) is 19.5 Å². The number of nitrogens with zero attached hydrogens (tertiary/aromatic N) is 3. The molecule has 2 aromatic heterocycles. The lowest BCUT2D eigenvalue weighted by atomic mass is 9.94. The van der Waals surface area contributed by atoms with Gasteiger partial charge in [-0.3, -0.25) is 9.59 Å². The van der Waals surface area contributed by atoms with Crippen molar-refractivity contribution >= 4 is 40.3 Å². The van der Waals surface area contributed by atoms with E-state index in [2.05, 4.69) is 20.2 Å². The molecule has 1 unspecified atom stereocenters. The average molecular weight is 604 g/mol. The van der Waals surface area contributed by atoms with E-state index in [0.717, 1.165) is 38.2 Å². The molecule has 3 heterocycles. The van der Waals surface area contributed by atoms with Crippen LogP contribution < -0.4 is 20.4 Å². The SMILES string of the molecule is CN(C)C(=O)c1[nH]c2cc(Cl)ccc2c(=O)c1C(NC(=O)Oc1ccc(N2CCC(CCO)CC2)nc1)c1ccccc1. The average Bonchev–Trinajstić information content (AvgIpc) is 3.01. The maximum absolute atomic E-state index is 13.9. The first-order valence-electron chi connectivity index (χ1n) is 14.2. The zero-order valence-electron chi connectivity index (χ0n) is 24.0. The molecule has 1 fully saturated rings. The number of aromatic nitrogens is 2. The van der Waals surface area contributed by atoms with Gasteiger partial charge in [0.15, 0.2) is 11.2 Å². The molecule has 11 heteroatoms. The van der Waals surface area contributed by atoms with Crippen LogP contribution in [-0.4, -0.2) is 65.8 Å². The van der Waals surface area contributed by atoms with Crippen LogP contribution in [0.15, 0.2) is 71.7 Å². The quantitative estimate of drug-likeness (QED) is 0.265. The van der Waals surface area contributed by atoms with Crippen molar-refractivity contribution in [2.75, 3.05) is 38.7 Å². The van der Waals surface area contributed by atoms with Gasteiger partial charge in [0.25, 0.3) is 5.91 Å². The highest BCUT2D eigenvalue weighted by molar-refractivity contribution is 6.31. The number of anilines is 1. The molecule has 1 saturated heterocycles. The largest absolute Gasteiger partial charge is 0.413 e. The van der Waals surface area contributed by atoms with Gasteiger partial charge in [-0.15, -0.1) is 0 Å². The fourth-order valence-electron chi connectivity index (χ4n) is 5.42. The summed E-state index contributed by atoms with van der Waals surface area (Å²) in [5, 5.41) is 12.7. The maximum atomic E-state index is 13.9. The number of aliphatic hydroxyl groups is 1. The highest BCUT2D eigenvalue weighted by Crippen LogP contribution is 2.27. The number of rotatable bonds is 8. The molecule has 4 aromatic rings. The number of benzene rings is 2. The Morgan fingerprint density at radius 3 is 2.53 bits per heavy atom. The van der Waals surface area contributed by atoms with Gasteiger partial charge in [-0.25, -0.2) is 9.78 Å². The van der Waals surface area contributed by atoms with Gasteiger partial charge in [-0.1, -0.05) is 41.9 Å². The first-order valence-corrected chi connectivity index (χ1v) is 14.5. The Bertz CT molecular complexity index is 1650. The summed E-state index contributed by atoms with van der Waals surface area (Å²) in [6.07, 6.45) is 3.47. The number of halogens is 1. The number of nitrogens with one attached hydrogen (secondary N) is 2. The summed E-state index contributed by atoms with van der Waals surface area (Å²) >= 11 is 6.17. The van der Waals surface area contributed by atoms with E-state index in [1.807, 2.05) is 6.07 Å². The molecule has 43 heavy (non-hydrogen) atoms. The van der Waals surface area contributed by atoms with Gasteiger partial charge >= 0.3 is 6.09 Å². The van der Waals surface area contributed by atoms with E-state index in [-0.39, 0.29) is 23.6 Å². The molecule has 0 radical (unpaired) electrons. The van der Waals surface area contributed by atoms with Gasteiger partial charge in [-0.05, 0) is 61.1 Å². The standard InChI is InChI=1S/C32H34ClN5O5/c1-37(2)31(41)29-27(30(40)24-10-8-22(33)18-25(24)35-29)28(21-6-4-3-5-7-21)36-32(42)43-23-9-11-26(34-19-23)38-15-12-20(13-16-38)14-17-39/h3-11,18-20,28,39H,12-17H2,1-2H3,(H,35,40)(H,36,42). The van der Waals surface area contributed by atoms with Crippen LogP contribution in [0, 0.1) is 5.92 Å². The minimum Gasteiger partial charge on any atom is -0.409 e. The zero-order valence-corrected chi connectivity index (χ0v) is 24.8. The van der Waals surface area contributed by atoms with Gasteiger partial charge in [0, 0.05) is 44.2 Å². The summed E-state index contributed by atoms with van der Waals surface area (Å²) in [5.41, 5.74) is 0.690. The number of pyridine rings is 2. The number of amides is 2. The Labute approximate surface area is 254 Å². The molecule has 0 bridgehead atoms. The van der Waals surface area contributed by atoms with Crippen LogP contribution in [0.3, 0.4) is 0 Å². The van der Waals surface area contributed by atoms with E-state index >= 15 is 0 Å². The number of H-pyrrole nitrogens is 1. The van der Waals surface area contributed by atoms with Crippen LogP contribution in [0.2, 0.25) is 5.02 Å². The number of hydrogen-bond acceptors (Lipinski definition) is 7. The van der Waals surface area contributed by atoms with Gasteiger partial charge in [0.05, 0.1) is 23.3 Å². The molecule has 0 aliphatic carbocycles. The molecule has 0 saturated carbocycles. The molecule has 5 rings (SSSR count). The third-order valence-corrected chi connectivity index (χ3v) is 7.95. The van der Waals surface area contributed by atoms with Crippen LogP contribution in [0.4, 0.5) is 10.6 Å². The summed E-state index contributed by atoms with van der Waals surface area (Å²) in [7, 11) is 3.17. The van der Waals surface area contributed by atoms with Crippen molar-refractivity contribution in [2.24, 2.45) is 5.92 Å². The van der Waals surface area contributed by atoms with Crippen molar-refractivity contribution in [1.29, 1.82) is 0 Å². The van der Waals surface area contributed by atoms with Crippen molar-refractivity contribution in [3.8, 4) is 5.75 Å². The first kappa shape index (κ1) is 30.1. The van der Waals surface area contributed by atoms with E-state index in [0.29, 0.717) is 27.4 Å². The number of hydrogen-bond donors (Lipinski definition) is 3. The summed E-state index contributed by atoms with van der Waals surface area (Å²) in [5.74, 6) is 1.10. The van der Waals surface area contributed by atoms with Gasteiger partial charge in [-0.2, -0.15) is 0 Å². The van der Waals surface area contributed by atoms with Crippen molar-refractivity contribution in [3.05, 3.63) is 98.9 Å². The molecule has 2 aromatic carbocycles. The Morgan fingerprint density at radius 2 is 1.88 bits per heavy atom. The van der Waals surface area contributed by atoms with Crippen LogP contribution in [0.1, 0.15) is 46.9 Å². The summed E-state index contributed by atoms with van der Waals surface area (Å²) < 4.78 is 5.59. The van der Waals surface area contributed by atoms with Crippen LogP contribution in [-0.2, 0) is 0 Å². The van der Waals surface area contributed by atoms with Crippen molar-refractivity contribution in [1.82, 2.24) is 20.2 Å². The van der Waals surface area contributed by atoms with Crippen molar-refractivity contribution in [2.45, 2.75) is 25.3 Å². The van der Waals surface area contributed by atoms with E-state index < -0.39 is 23.5 Å². The topological polar surface area (TPSA) is 128 Å². The summed E-state index contributed by atoms with van der Waals surface area (Å²) in [6.45, 7) is 1.90. The molecule has 0 spiro atoms. The minimum absolute atomic E-state index is 0.0349. The third kappa shape index (κ3) is 6.81. The predicted octanol–water partition coefficient (Wildman–Crippen LogP) is 4.76. The molecule has 1 atom stereocenters. The normalized spacial score (nSPS) is 14.4. The van der Waals surface area contributed by atoms with Crippen molar-refractivity contribution < 1.29 is 19.4 Å². The fourth-order valence-corrected chi connectivity index (χ4v) is 5.59. The summed E-state index contributed by atoms with van der Waals surface area (Å²) in [4.78, 5) is 51.6. The molecule has 224 valence electrons. The number of aliphatic hydroxyl groups excluding tert-OH is 1. The number of ether oxygens (including phenoxy) is 1. The van der Waals surface area contributed by atoms with Crippen LogP contribution in [0.5, 0.6) is 5.75 Å². The molecule has 1 aliphatic heterocycles. The second kappa shape index (κ2) is 13.3. The Hall–Kier alpha value is -4.41. The number of carbonyl (C=O) groups excluding carboxylic acids is 2. The third-order valence-electron chi connectivity index (χ3n) is 7.71. The lowest BCUT2D eigenvalue weighted by molar-refractivity contribution is 0.0820. The predicted molar refractivity (Wildman–Crippen MR) is 166 cm³/mol. The Balaban J connectivity index is 1.43. The Morgan fingerprint density at radius 1 is 1.14 bits per heavy atom. The monoisotopic (exact) mass is 603 g/mol. The summed E-state index contributed by atoms with van der Waals surface area (Å²) in [6, 6.07) is 16.2. The van der Waals surface area contributed by atoms with Gasteiger partial charge < -0.3 is 29.9 Å². The molecular formula is C32H34ClN5O5. The van der Waals surface area contributed by atoms with E-state index in [4.69, 9.17) is 16.3 Å². The molecular weight excluding hydrogens is 570 g/mol. The maximum Gasteiger partial charge on any atom is 0.413 e. The first-order chi connectivity index (χ1) is 20.7. The van der Waals surface area contributed by atoms with E-state index in [1.54, 1.807) is 68.7 Å². The Kier molecular flexibility index (Phi) is 9.27. The zero-order chi connectivity index (χ0) is 30.5. The molecule has 3 N–H and O–H groups in total. The molecule has 1 aliphatic rings. The highest BCUT2D eigenvalue weighted by Gasteiger charge is 2.29. The molecule has 2 amide bonds. The number of aromatic amines is 1. The number of fused-ring (bicyclic) bond motifs is 1.